The van der Waals surface area contributed by atoms with Crippen molar-refractivity contribution in [3.05, 3.63) is 0 Å². The predicted molar refractivity (Wildman–Crippen MR) is 56.5 cm³/mol. The van der Waals surface area contributed by atoms with Crippen molar-refractivity contribution in [2.24, 2.45) is 11.5 Å². The fourth-order valence-electron chi connectivity index (χ4n) is 0.605. The Balaban J connectivity index is 3.34. The molecule has 0 unspecified atom stereocenters. The molecular formula is C6H17N3S2. The van der Waals surface area contributed by atoms with Gasteiger partial charge in [-0.05, 0) is 0 Å². The Kier molecular flexibility index (Phi) is 7.62. The Morgan fingerprint density at radius 2 is 1.91 bits per heavy atom. The molecule has 5 heteroatoms. The summed E-state index contributed by atoms with van der Waals surface area (Å²) in [6.45, 7) is 1.36. The van der Waals surface area contributed by atoms with Crippen LogP contribution in [0.2, 0.25) is 0 Å². The molecule has 0 rings (SSSR count). The zero-order chi connectivity index (χ0) is 8.69. The highest BCUT2D eigenvalue weighted by Gasteiger charge is 2.04. The van der Waals surface area contributed by atoms with Gasteiger partial charge in [0.1, 0.15) is 0 Å². The second kappa shape index (κ2) is 7.24. The highest BCUT2D eigenvalue weighted by molar-refractivity contribution is 7.80. The fourth-order valence-corrected chi connectivity index (χ4v) is 1.01. The van der Waals surface area contributed by atoms with Crippen LogP contribution >= 0.6 is 25.3 Å². The third-order valence-corrected chi connectivity index (χ3v) is 2.32. The number of thiol groups is 2. The van der Waals surface area contributed by atoms with E-state index in [-0.39, 0.29) is 12.1 Å². The van der Waals surface area contributed by atoms with Crippen LogP contribution in [0.4, 0.5) is 0 Å². The Labute approximate surface area is 79.1 Å². The summed E-state index contributed by atoms with van der Waals surface area (Å²) in [7, 11) is 0. The van der Waals surface area contributed by atoms with Crippen molar-refractivity contribution in [1.29, 1.82) is 0 Å². The molecule has 2 atom stereocenters. The van der Waals surface area contributed by atoms with Crippen LogP contribution in [0.25, 0.3) is 0 Å². The van der Waals surface area contributed by atoms with Crippen molar-refractivity contribution in [2.75, 3.05) is 24.6 Å². The summed E-state index contributed by atoms with van der Waals surface area (Å²) in [5.74, 6) is 1.44. The number of rotatable bonds is 6. The van der Waals surface area contributed by atoms with Gasteiger partial charge in [0.25, 0.3) is 0 Å². The van der Waals surface area contributed by atoms with Crippen molar-refractivity contribution < 1.29 is 0 Å². The topological polar surface area (TPSA) is 64.1 Å². The van der Waals surface area contributed by atoms with Gasteiger partial charge >= 0.3 is 0 Å². The van der Waals surface area contributed by atoms with Gasteiger partial charge in [0.2, 0.25) is 0 Å². The molecule has 68 valence electrons. The van der Waals surface area contributed by atoms with Crippen LogP contribution in [0.3, 0.4) is 0 Å². The third kappa shape index (κ3) is 5.81. The summed E-state index contributed by atoms with van der Waals surface area (Å²) in [6, 6.07) is 0.372. The lowest BCUT2D eigenvalue weighted by atomic mass is 10.3. The third-order valence-electron chi connectivity index (χ3n) is 1.41. The van der Waals surface area contributed by atoms with Gasteiger partial charge in [0, 0.05) is 36.7 Å². The van der Waals surface area contributed by atoms with Crippen molar-refractivity contribution in [1.82, 2.24) is 5.32 Å². The quantitative estimate of drug-likeness (QED) is 0.357. The van der Waals surface area contributed by atoms with Crippen LogP contribution in [0, 0.1) is 0 Å². The first-order valence-electron chi connectivity index (χ1n) is 3.65. The monoisotopic (exact) mass is 195 g/mol. The van der Waals surface area contributed by atoms with E-state index in [0.717, 1.165) is 12.3 Å². The van der Waals surface area contributed by atoms with Crippen molar-refractivity contribution in [2.45, 2.75) is 12.1 Å². The minimum Gasteiger partial charge on any atom is -0.329 e. The summed E-state index contributed by atoms with van der Waals surface area (Å²) in [5, 5.41) is 3.19. The molecule has 0 aromatic carbocycles. The lowest BCUT2D eigenvalue weighted by Gasteiger charge is -2.16. The van der Waals surface area contributed by atoms with Gasteiger partial charge in [-0.2, -0.15) is 25.3 Å². The molecule has 5 N–H and O–H groups in total. The number of hydrogen-bond acceptors (Lipinski definition) is 5. The number of hydrogen-bond donors (Lipinski definition) is 5. The Bertz CT molecular complexity index is 87.9. The fraction of sp³-hybridized carbons (Fsp3) is 1.00. The second-order valence-corrected chi connectivity index (χ2v) is 3.20. The van der Waals surface area contributed by atoms with Crippen LogP contribution in [0.5, 0.6) is 0 Å². The van der Waals surface area contributed by atoms with Gasteiger partial charge in [-0.15, -0.1) is 0 Å². The first-order valence-corrected chi connectivity index (χ1v) is 4.91. The van der Waals surface area contributed by atoms with E-state index < -0.39 is 0 Å². The van der Waals surface area contributed by atoms with Gasteiger partial charge in [-0.3, -0.25) is 0 Å². The molecule has 0 heterocycles. The van der Waals surface area contributed by atoms with Crippen LogP contribution < -0.4 is 16.8 Å². The Morgan fingerprint density at radius 3 is 2.27 bits per heavy atom. The van der Waals surface area contributed by atoms with Gasteiger partial charge in [-0.1, -0.05) is 0 Å². The molecule has 0 aliphatic carbocycles. The van der Waals surface area contributed by atoms with E-state index in [0.29, 0.717) is 12.3 Å². The molecule has 11 heavy (non-hydrogen) atoms. The summed E-state index contributed by atoms with van der Waals surface area (Å²) in [6.07, 6.45) is 0. The largest absolute Gasteiger partial charge is 0.329 e. The average Bonchev–Trinajstić information content (AvgIpc) is 2.06. The van der Waals surface area contributed by atoms with Crippen LogP contribution in [-0.2, 0) is 0 Å². The van der Waals surface area contributed by atoms with E-state index in [2.05, 4.69) is 30.6 Å². The van der Waals surface area contributed by atoms with Crippen molar-refractivity contribution >= 4 is 25.3 Å². The lowest BCUT2D eigenvalue weighted by molar-refractivity contribution is 0.532. The lowest BCUT2D eigenvalue weighted by Crippen LogP contribution is -2.44. The van der Waals surface area contributed by atoms with Crippen LogP contribution in [0.15, 0.2) is 0 Å². The van der Waals surface area contributed by atoms with Crippen molar-refractivity contribution in [3.8, 4) is 0 Å². The van der Waals surface area contributed by atoms with Crippen molar-refractivity contribution in [3.63, 3.8) is 0 Å². The van der Waals surface area contributed by atoms with Gasteiger partial charge in [0.15, 0.2) is 0 Å². The first kappa shape index (κ1) is 11.6. The zero-order valence-corrected chi connectivity index (χ0v) is 8.32. The highest BCUT2D eigenvalue weighted by Crippen LogP contribution is 1.86. The van der Waals surface area contributed by atoms with E-state index in [4.69, 9.17) is 11.5 Å². The smallest absolute Gasteiger partial charge is 0.0278 e. The zero-order valence-electron chi connectivity index (χ0n) is 6.53. The molecule has 0 saturated carbocycles. The molecular weight excluding hydrogens is 178 g/mol. The number of nitrogens with two attached hydrogens (primary N) is 2. The van der Waals surface area contributed by atoms with Crippen LogP contribution in [0.1, 0.15) is 0 Å². The standard InChI is InChI=1S/C6H17N3S2/c7-1-6(4-11)9-2-5(8)3-10/h5-6,9-11H,1-4,7-8H2/t5-,6+/m0/s1. The normalized spacial score (nSPS) is 16.4. The van der Waals surface area contributed by atoms with E-state index in [1.165, 1.54) is 0 Å². The molecule has 0 radical (unpaired) electrons. The summed E-state index contributed by atoms with van der Waals surface area (Å²) in [5.41, 5.74) is 11.1. The highest BCUT2D eigenvalue weighted by atomic mass is 32.1. The molecule has 0 saturated heterocycles. The van der Waals surface area contributed by atoms with E-state index >= 15 is 0 Å². The first-order chi connectivity index (χ1) is 5.24. The Hall–Kier alpha value is 0.580. The summed E-state index contributed by atoms with van der Waals surface area (Å²) in [4.78, 5) is 0. The molecule has 0 aromatic rings. The van der Waals surface area contributed by atoms with Gasteiger partial charge in [-0.25, -0.2) is 0 Å². The molecule has 0 spiro atoms. The molecule has 0 aromatic heterocycles. The molecule has 0 aliphatic heterocycles. The van der Waals surface area contributed by atoms with E-state index in [9.17, 15) is 0 Å². The van der Waals surface area contributed by atoms with Gasteiger partial charge < -0.3 is 16.8 Å². The van der Waals surface area contributed by atoms with E-state index in [1.807, 2.05) is 0 Å². The van der Waals surface area contributed by atoms with E-state index in [1.54, 1.807) is 0 Å². The Morgan fingerprint density at radius 1 is 1.27 bits per heavy atom. The molecule has 0 aliphatic rings. The maximum absolute atomic E-state index is 5.63. The maximum atomic E-state index is 5.63. The average molecular weight is 195 g/mol. The summed E-state index contributed by atoms with van der Waals surface area (Å²) >= 11 is 8.19. The second-order valence-electron chi connectivity index (χ2n) is 2.47. The maximum Gasteiger partial charge on any atom is 0.0278 e. The molecule has 0 fully saturated rings. The molecule has 0 amide bonds. The molecule has 0 bridgehead atoms. The van der Waals surface area contributed by atoms with Crippen LogP contribution in [-0.4, -0.2) is 36.7 Å². The SMILES string of the molecule is NC[C@H](CS)NC[C@H](N)CS. The number of nitrogens with one attached hydrogen (secondary N) is 1. The summed E-state index contributed by atoms with van der Waals surface area (Å²) < 4.78 is 0. The predicted octanol–water partition coefficient (Wildman–Crippen LogP) is -0.910. The minimum absolute atomic E-state index is 0.104. The minimum atomic E-state index is 0.104. The molecule has 3 nitrogen and oxygen atoms in total. The van der Waals surface area contributed by atoms with Gasteiger partial charge in [0.05, 0.1) is 0 Å².